The van der Waals surface area contributed by atoms with E-state index in [1.54, 1.807) is 0 Å². The Bertz CT molecular complexity index is 208. The molecule has 0 aromatic heterocycles. The summed E-state index contributed by atoms with van der Waals surface area (Å²) in [5.74, 6) is 0. The van der Waals surface area contributed by atoms with Gasteiger partial charge in [0, 0.05) is 0 Å². The van der Waals surface area contributed by atoms with Crippen LogP contribution < -0.4 is 5.19 Å². The summed E-state index contributed by atoms with van der Waals surface area (Å²) in [4.78, 5) is 0. The Morgan fingerprint density at radius 1 is 1.27 bits per heavy atom. The molecule has 2 heteroatoms. The fourth-order valence-corrected chi connectivity index (χ4v) is 1.77. The first kappa shape index (κ1) is 10.1. The van der Waals surface area contributed by atoms with Crippen LogP contribution in [0.2, 0.25) is 6.55 Å². The summed E-state index contributed by atoms with van der Waals surface area (Å²) in [5.41, 5.74) is 2.06. The third-order valence-electron chi connectivity index (χ3n) is 1.54. The molecular weight excluding hydrogens is 155 g/mol. The highest BCUT2D eigenvalue weighted by Gasteiger charge is 1.99. The topological polar surface area (TPSA) is 0 Å². The van der Waals surface area contributed by atoms with E-state index in [1.165, 1.54) is 5.19 Å². The second-order valence-corrected chi connectivity index (χ2v) is 4.60. The molecule has 59 valence electrons. The van der Waals surface area contributed by atoms with Crippen LogP contribution in [-0.4, -0.2) is 8.80 Å². The Morgan fingerprint density at radius 3 is 2.27 bits per heavy atom. The van der Waals surface area contributed by atoms with Crippen molar-refractivity contribution in [1.29, 1.82) is 0 Å². The Kier molecular flexibility index (Phi) is 4.46. The van der Waals surface area contributed by atoms with Gasteiger partial charge in [-0.25, -0.2) is 0 Å². The van der Waals surface area contributed by atoms with Crippen molar-refractivity contribution in [2.24, 2.45) is 0 Å². The molecule has 0 aliphatic rings. The normalized spacial score (nSPS) is 8.91. The lowest BCUT2D eigenvalue weighted by molar-refractivity contribution is 1.11. The van der Waals surface area contributed by atoms with Gasteiger partial charge in [-0.1, -0.05) is 47.8 Å². The highest BCUT2D eigenvalue weighted by atomic mass is 28.3. The van der Waals surface area contributed by atoms with Crippen molar-refractivity contribution in [1.82, 2.24) is 0 Å². The molecule has 0 amide bonds. The lowest BCUT2D eigenvalue weighted by atomic mass is 10.4. The van der Waals surface area contributed by atoms with Gasteiger partial charge in [0.25, 0.3) is 0 Å². The molecule has 0 aliphatic carbocycles. The molecule has 0 fully saturated rings. The van der Waals surface area contributed by atoms with Gasteiger partial charge < -0.3 is 0 Å². The fraction of sp³-hybridized carbons (Fsp3) is 0.111. The summed E-state index contributed by atoms with van der Waals surface area (Å²) >= 11 is 0. The molecule has 0 unspecified atom stereocenters. The number of hydrogen-bond donors (Lipinski definition) is 0. The van der Waals surface area contributed by atoms with Crippen LogP contribution in [0, 0.1) is 0 Å². The number of benzene rings is 1. The average Bonchev–Trinajstić information content (AvgIpc) is 2.05. The molecular formula is C9H12FSi. The van der Waals surface area contributed by atoms with E-state index in [-0.39, 0.29) is 4.70 Å². The molecule has 0 heterocycles. The first-order valence-corrected chi connectivity index (χ1v) is 5.43. The zero-order valence-electron chi connectivity index (χ0n) is 6.58. The van der Waals surface area contributed by atoms with Crippen LogP contribution in [-0.2, 0) is 0 Å². The first-order chi connectivity index (χ1) is 4.84. The third-order valence-corrected chi connectivity index (χ3v) is 3.39. The maximum atomic E-state index is 3.78. The van der Waals surface area contributed by atoms with Gasteiger partial charge in [-0.05, 0) is 0 Å². The summed E-state index contributed by atoms with van der Waals surface area (Å²) in [6.07, 6.45) is 0. The largest absolute Gasteiger partial charge is 0.269 e. The quantitative estimate of drug-likeness (QED) is 0.590. The number of rotatable bonds is 2. The van der Waals surface area contributed by atoms with E-state index in [2.05, 4.69) is 43.1 Å². The average molecular weight is 167 g/mol. The molecule has 11 heavy (non-hydrogen) atoms. The molecule has 0 nitrogen and oxygen atoms in total. The Morgan fingerprint density at radius 2 is 1.82 bits per heavy atom. The van der Waals surface area contributed by atoms with E-state index >= 15 is 0 Å². The fourth-order valence-electron chi connectivity index (χ4n) is 0.819. The van der Waals surface area contributed by atoms with Crippen molar-refractivity contribution in [2.75, 3.05) is 0 Å². The summed E-state index contributed by atoms with van der Waals surface area (Å²) in [6.45, 7) is 6.03. The molecule has 0 saturated heterocycles. The van der Waals surface area contributed by atoms with E-state index in [4.69, 9.17) is 0 Å². The van der Waals surface area contributed by atoms with Gasteiger partial charge >= 0.3 is 0 Å². The first-order valence-electron chi connectivity index (χ1n) is 3.36. The zero-order chi connectivity index (χ0) is 7.40. The lowest BCUT2D eigenvalue weighted by Gasteiger charge is -2.01. The van der Waals surface area contributed by atoms with Gasteiger partial charge in [-0.3, -0.25) is 4.70 Å². The van der Waals surface area contributed by atoms with Crippen molar-refractivity contribution in [3.63, 3.8) is 0 Å². The monoisotopic (exact) mass is 167 g/mol. The van der Waals surface area contributed by atoms with Crippen LogP contribution in [0.1, 0.15) is 0 Å². The van der Waals surface area contributed by atoms with Gasteiger partial charge in [-0.2, -0.15) is 0 Å². The summed E-state index contributed by atoms with van der Waals surface area (Å²) in [5, 5.41) is 1.43. The Balaban J connectivity index is 0.000001000. The maximum absolute atomic E-state index is 3.78. The molecule has 0 atom stereocenters. The minimum atomic E-state index is -0.443. The van der Waals surface area contributed by atoms with Crippen molar-refractivity contribution in [3.05, 3.63) is 42.6 Å². The van der Waals surface area contributed by atoms with Crippen LogP contribution in [0.4, 0.5) is 4.70 Å². The van der Waals surface area contributed by atoms with Gasteiger partial charge in [0.05, 0.1) is 0 Å². The van der Waals surface area contributed by atoms with Crippen molar-refractivity contribution >= 4 is 14.0 Å². The van der Waals surface area contributed by atoms with E-state index in [0.29, 0.717) is 0 Å². The van der Waals surface area contributed by atoms with Crippen LogP contribution in [0.3, 0.4) is 0 Å². The lowest BCUT2D eigenvalue weighted by Crippen LogP contribution is -2.23. The van der Waals surface area contributed by atoms with Crippen LogP contribution >= 0.6 is 0 Å². The molecule has 0 bridgehead atoms. The van der Waals surface area contributed by atoms with Crippen molar-refractivity contribution < 1.29 is 4.70 Å². The Hall–Kier alpha value is -0.893. The summed E-state index contributed by atoms with van der Waals surface area (Å²) < 4.78 is 0. The zero-order valence-corrected chi connectivity index (χ0v) is 7.58. The summed E-state index contributed by atoms with van der Waals surface area (Å²) in [6, 6.07) is 10.5. The third kappa shape index (κ3) is 2.68. The molecule has 1 aromatic rings. The molecule has 0 N–H and O–H groups in total. The maximum Gasteiger partial charge on any atom is 0.108 e. The standard InChI is InChI=1S/C9H11Si.FH/c1-3-10(2)9-7-5-4-6-8-9;/h3-8H,1H2,2H3;1H. The SMILES string of the molecule is C=C[Si](C)c1ccccc1.F. The predicted molar refractivity (Wildman–Crippen MR) is 50.4 cm³/mol. The molecule has 1 rings (SSSR count). The van der Waals surface area contributed by atoms with Crippen LogP contribution in [0.25, 0.3) is 0 Å². The van der Waals surface area contributed by atoms with E-state index in [1.807, 2.05) is 6.07 Å². The molecule has 0 spiro atoms. The molecule has 0 aliphatic heterocycles. The van der Waals surface area contributed by atoms with E-state index < -0.39 is 8.80 Å². The smallest absolute Gasteiger partial charge is 0.108 e. The van der Waals surface area contributed by atoms with Crippen molar-refractivity contribution in [3.8, 4) is 0 Å². The summed E-state index contributed by atoms with van der Waals surface area (Å²) in [7, 11) is -0.443. The van der Waals surface area contributed by atoms with Gasteiger partial charge in [0.1, 0.15) is 8.80 Å². The van der Waals surface area contributed by atoms with Gasteiger partial charge in [0.15, 0.2) is 0 Å². The number of hydrogen-bond acceptors (Lipinski definition) is 0. The van der Waals surface area contributed by atoms with Crippen molar-refractivity contribution in [2.45, 2.75) is 6.55 Å². The highest BCUT2D eigenvalue weighted by Crippen LogP contribution is 1.87. The minimum absolute atomic E-state index is 0. The molecule has 0 saturated carbocycles. The second-order valence-electron chi connectivity index (χ2n) is 2.25. The highest BCUT2D eigenvalue weighted by molar-refractivity contribution is 6.76. The molecule has 1 radical (unpaired) electrons. The second kappa shape index (κ2) is 4.85. The minimum Gasteiger partial charge on any atom is -0.269 e. The Labute approximate surface area is 68.5 Å². The number of halogens is 1. The van der Waals surface area contributed by atoms with Gasteiger partial charge in [0.2, 0.25) is 0 Å². The van der Waals surface area contributed by atoms with Crippen LogP contribution in [0.15, 0.2) is 42.6 Å². The van der Waals surface area contributed by atoms with Crippen LogP contribution in [0.5, 0.6) is 0 Å². The predicted octanol–water partition coefficient (Wildman–Crippen LogP) is 1.90. The van der Waals surface area contributed by atoms with E-state index in [0.717, 1.165) is 0 Å². The van der Waals surface area contributed by atoms with E-state index in [9.17, 15) is 0 Å². The van der Waals surface area contributed by atoms with Gasteiger partial charge in [-0.15, -0.1) is 6.58 Å². The molecule has 1 aromatic carbocycles.